The molecule has 0 saturated carbocycles. The molecule has 0 heterocycles. The zero-order valence-corrected chi connectivity index (χ0v) is 13.8. The van der Waals surface area contributed by atoms with Crippen LogP contribution >= 0.6 is 7.82 Å². The van der Waals surface area contributed by atoms with Crippen LogP contribution in [0.2, 0.25) is 0 Å². The van der Waals surface area contributed by atoms with Crippen molar-refractivity contribution < 1.29 is 34.3 Å². The molecule has 0 amide bonds. The Balaban J connectivity index is 0.000000841. The molecule has 23 heavy (non-hydrogen) atoms. The second-order valence-corrected chi connectivity index (χ2v) is 5.85. The van der Waals surface area contributed by atoms with E-state index in [4.69, 9.17) is 24.4 Å². The Hall–Kier alpha value is -1.66. The van der Waals surface area contributed by atoms with Gasteiger partial charge in [0.25, 0.3) is 0 Å². The fourth-order valence-corrected chi connectivity index (χ4v) is 1.83. The standard InChI is InChI=1S/C15H20O3.H3O4P/c1-2-3-4-8-11-13(15(17)18)14(16)12-9-6-5-7-10-12;1-5(2,3)4/h5-7,9-10,16H,2-4,8,11H2,1H3,(H,17,18);(H3,1,2,3,4). The van der Waals surface area contributed by atoms with Crippen molar-refractivity contribution in [2.24, 2.45) is 0 Å². The normalized spacial score (nSPS) is 12.0. The van der Waals surface area contributed by atoms with E-state index in [9.17, 15) is 9.90 Å². The molecule has 0 fully saturated rings. The largest absolute Gasteiger partial charge is 0.507 e. The number of aliphatic carboxylic acids is 1. The molecule has 0 saturated heterocycles. The van der Waals surface area contributed by atoms with Gasteiger partial charge in [-0.1, -0.05) is 56.5 Å². The molecule has 1 aromatic carbocycles. The Kier molecular flexibility index (Phi) is 10.2. The highest BCUT2D eigenvalue weighted by Gasteiger charge is 2.14. The highest BCUT2D eigenvalue weighted by Crippen LogP contribution is 2.25. The van der Waals surface area contributed by atoms with Crippen LogP contribution in [-0.2, 0) is 9.36 Å². The number of benzene rings is 1. The predicted molar refractivity (Wildman–Crippen MR) is 86.6 cm³/mol. The van der Waals surface area contributed by atoms with Crippen molar-refractivity contribution in [1.82, 2.24) is 0 Å². The number of rotatable bonds is 7. The maximum Gasteiger partial charge on any atom is 0.466 e. The van der Waals surface area contributed by atoms with Crippen molar-refractivity contribution in [2.45, 2.75) is 39.0 Å². The minimum atomic E-state index is -4.64. The molecule has 0 aliphatic rings. The lowest BCUT2D eigenvalue weighted by Gasteiger charge is -2.07. The molecule has 0 aromatic heterocycles. The van der Waals surface area contributed by atoms with Crippen molar-refractivity contribution in [1.29, 1.82) is 0 Å². The zero-order chi connectivity index (χ0) is 17.9. The highest BCUT2D eigenvalue weighted by atomic mass is 31.2. The monoisotopic (exact) mass is 346 g/mol. The summed E-state index contributed by atoms with van der Waals surface area (Å²) >= 11 is 0. The van der Waals surface area contributed by atoms with Gasteiger partial charge in [0, 0.05) is 5.56 Å². The van der Waals surface area contributed by atoms with Crippen LogP contribution in [0.15, 0.2) is 35.9 Å². The first-order chi connectivity index (χ1) is 10.7. The Morgan fingerprint density at radius 2 is 1.52 bits per heavy atom. The molecule has 0 spiro atoms. The van der Waals surface area contributed by atoms with Crippen molar-refractivity contribution in [3.05, 3.63) is 41.5 Å². The number of carbonyl (C=O) groups is 1. The van der Waals surface area contributed by atoms with Gasteiger partial charge in [0.15, 0.2) is 0 Å². The smallest absolute Gasteiger partial charge is 0.466 e. The van der Waals surface area contributed by atoms with Gasteiger partial charge in [-0.15, -0.1) is 0 Å². The fraction of sp³-hybridized carbons (Fsp3) is 0.400. The third-order valence-electron chi connectivity index (χ3n) is 2.87. The molecule has 0 aliphatic heterocycles. The van der Waals surface area contributed by atoms with Crippen molar-refractivity contribution in [3.63, 3.8) is 0 Å². The summed E-state index contributed by atoms with van der Waals surface area (Å²) in [5, 5.41) is 19.1. The molecule has 5 N–H and O–H groups in total. The second-order valence-electron chi connectivity index (χ2n) is 4.82. The van der Waals surface area contributed by atoms with E-state index in [1.165, 1.54) is 0 Å². The number of hydrogen-bond donors (Lipinski definition) is 5. The maximum absolute atomic E-state index is 11.2. The summed E-state index contributed by atoms with van der Waals surface area (Å²) in [5.41, 5.74) is 0.669. The van der Waals surface area contributed by atoms with Crippen LogP contribution in [-0.4, -0.2) is 30.9 Å². The van der Waals surface area contributed by atoms with Crippen molar-refractivity contribution in [2.75, 3.05) is 0 Å². The van der Waals surface area contributed by atoms with Crippen LogP contribution in [0.1, 0.15) is 44.6 Å². The van der Waals surface area contributed by atoms with Gasteiger partial charge in [0.1, 0.15) is 5.76 Å². The maximum atomic E-state index is 11.2. The summed E-state index contributed by atoms with van der Waals surface area (Å²) < 4.78 is 8.88. The number of aliphatic hydroxyl groups excluding tert-OH is 1. The van der Waals surface area contributed by atoms with Gasteiger partial charge in [0.05, 0.1) is 5.57 Å². The number of aliphatic hydroxyl groups is 1. The van der Waals surface area contributed by atoms with Gasteiger partial charge >= 0.3 is 13.8 Å². The van der Waals surface area contributed by atoms with E-state index >= 15 is 0 Å². The predicted octanol–water partition coefficient (Wildman–Crippen LogP) is 3.08. The zero-order valence-electron chi connectivity index (χ0n) is 12.9. The molecule has 0 aliphatic carbocycles. The number of phosphoric acid groups is 1. The quantitative estimate of drug-likeness (QED) is 0.221. The number of unbranched alkanes of at least 4 members (excludes halogenated alkanes) is 3. The average Bonchev–Trinajstić information content (AvgIpc) is 2.45. The van der Waals surface area contributed by atoms with Gasteiger partial charge in [-0.3, -0.25) is 0 Å². The molecule has 0 atom stereocenters. The Morgan fingerprint density at radius 1 is 1.00 bits per heavy atom. The van der Waals surface area contributed by atoms with E-state index in [1.807, 2.05) is 6.07 Å². The van der Waals surface area contributed by atoms with E-state index in [2.05, 4.69) is 6.92 Å². The number of hydrogen-bond acceptors (Lipinski definition) is 3. The third-order valence-corrected chi connectivity index (χ3v) is 2.87. The average molecular weight is 346 g/mol. The topological polar surface area (TPSA) is 135 Å². The van der Waals surface area contributed by atoms with E-state index in [0.717, 1.165) is 25.7 Å². The summed E-state index contributed by atoms with van der Waals surface area (Å²) in [6.45, 7) is 2.11. The number of carboxylic acids is 1. The fourth-order valence-electron chi connectivity index (χ4n) is 1.83. The SMILES string of the molecule is CCCCCCC(C(=O)O)=C(O)c1ccccc1.O=P(O)(O)O. The first kappa shape index (κ1) is 21.3. The van der Waals surface area contributed by atoms with Crippen LogP contribution in [0, 0.1) is 0 Å². The summed E-state index contributed by atoms with van der Waals surface area (Å²) in [4.78, 5) is 32.7. The Bertz CT molecular complexity index is 540. The first-order valence-corrected chi connectivity index (χ1v) is 8.72. The van der Waals surface area contributed by atoms with Crippen LogP contribution in [0.5, 0.6) is 0 Å². The lowest BCUT2D eigenvalue weighted by molar-refractivity contribution is -0.132. The van der Waals surface area contributed by atoms with E-state index < -0.39 is 13.8 Å². The highest BCUT2D eigenvalue weighted by molar-refractivity contribution is 7.45. The van der Waals surface area contributed by atoms with Crippen LogP contribution in [0.25, 0.3) is 5.76 Å². The second kappa shape index (κ2) is 11.0. The van der Waals surface area contributed by atoms with E-state index in [0.29, 0.717) is 12.0 Å². The summed E-state index contributed by atoms with van der Waals surface area (Å²) in [6.07, 6.45) is 4.41. The van der Waals surface area contributed by atoms with Gasteiger partial charge in [-0.2, -0.15) is 0 Å². The molecule has 0 bridgehead atoms. The number of carboxylic acid groups (broad SMARTS) is 1. The molecular formula is C15H23O7P. The molecule has 8 heteroatoms. The van der Waals surface area contributed by atoms with Gasteiger partial charge in [0.2, 0.25) is 0 Å². The van der Waals surface area contributed by atoms with Gasteiger partial charge in [-0.05, 0) is 12.8 Å². The molecular weight excluding hydrogens is 323 g/mol. The van der Waals surface area contributed by atoms with Crippen molar-refractivity contribution >= 4 is 19.6 Å². The van der Waals surface area contributed by atoms with Gasteiger partial charge in [-0.25, -0.2) is 9.36 Å². The Labute approximate surface area is 135 Å². The summed E-state index contributed by atoms with van der Waals surface area (Å²) in [7, 11) is -4.64. The summed E-state index contributed by atoms with van der Waals surface area (Å²) in [6, 6.07) is 8.82. The molecule has 7 nitrogen and oxygen atoms in total. The Morgan fingerprint density at radius 3 is 1.96 bits per heavy atom. The van der Waals surface area contributed by atoms with Crippen LogP contribution in [0.3, 0.4) is 0 Å². The minimum Gasteiger partial charge on any atom is -0.507 e. The molecule has 1 rings (SSSR count). The van der Waals surface area contributed by atoms with Crippen LogP contribution in [0.4, 0.5) is 0 Å². The van der Waals surface area contributed by atoms with Crippen molar-refractivity contribution in [3.8, 4) is 0 Å². The molecule has 130 valence electrons. The van der Waals surface area contributed by atoms with E-state index in [-0.39, 0.29) is 11.3 Å². The third kappa shape index (κ3) is 11.5. The first-order valence-electron chi connectivity index (χ1n) is 7.16. The lowest BCUT2D eigenvalue weighted by atomic mass is 10.0. The molecule has 0 unspecified atom stereocenters. The van der Waals surface area contributed by atoms with E-state index in [1.54, 1.807) is 24.3 Å². The van der Waals surface area contributed by atoms with Crippen LogP contribution < -0.4 is 0 Å². The molecule has 0 radical (unpaired) electrons. The van der Waals surface area contributed by atoms with Gasteiger partial charge < -0.3 is 24.9 Å². The summed E-state index contributed by atoms with van der Waals surface area (Å²) in [5.74, 6) is -1.15. The minimum absolute atomic E-state index is 0.109. The molecule has 1 aromatic rings. The lowest BCUT2D eigenvalue weighted by Crippen LogP contribution is -2.04.